The molecule has 3 aromatic rings. The number of carbonyl (C=O) groups is 3. The predicted molar refractivity (Wildman–Crippen MR) is 147 cm³/mol. The summed E-state index contributed by atoms with van der Waals surface area (Å²) < 4.78 is 27.7. The van der Waals surface area contributed by atoms with Crippen molar-refractivity contribution in [2.45, 2.75) is 37.2 Å². The highest BCUT2D eigenvalue weighted by Crippen LogP contribution is 2.30. The molecular formula is C28H28BrN3O5S. The molecule has 3 amide bonds. The minimum atomic E-state index is -4.19. The molecule has 1 aliphatic rings. The van der Waals surface area contributed by atoms with Crippen molar-refractivity contribution >= 4 is 43.7 Å². The number of amides is 3. The summed E-state index contributed by atoms with van der Waals surface area (Å²) in [5.74, 6) is -1.75. The second-order valence-corrected chi connectivity index (χ2v) is 11.7. The van der Waals surface area contributed by atoms with Crippen LogP contribution >= 0.6 is 15.9 Å². The Morgan fingerprint density at radius 3 is 2.26 bits per heavy atom. The minimum absolute atomic E-state index is 0.0290. The lowest BCUT2D eigenvalue weighted by molar-refractivity contribution is -0.141. The average molecular weight is 599 g/mol. The van der Waals surface area contributed by atoms with Crippen LogP contribution in [0.15, 0.2) is 88.2 Å². The van der Waals surface area contributed by atoms with E-state index in [4.69, 9.17) is 0 Å². The van der Waals surface area contributed by atoms with Crippen LogP contribution in [-0.4, -0.2) is 54.5 Å². The van der Waals surface area contributed by atoms with Gasteiger partial charge in [-0.15, -0.1) is 0 Å². The molecule has 1 N–H and O–H groups in total. The molecule has 38 heavy (non-hydrogen) atoms. The number of nitrogens with one attached hydrogen (secondary N) is 1. The van der Waals surface area contributed by atoms with E-state index in [9.17, 15) is 22.8 Å². The van der Waals surface area contributed by atoms with Gasteiger partial charge in [-0.3, -0.25) is 14.4 Å². The largest absolute Gasteiger partial charge is 0.354 e. The third kappa shape index (κ3) is 5.97. The van der Waals surface area contributed by atoms with Crippen LogP contribution in [0.1, 0.15) is 34.8 Å². The summed E-state index contributed by atoms with van der Waals surface area (Å²) in [6.45, 7) is 1.70. The van der Waals surface area contributed by atoms with E-state index in [-0.39, 0.29) is 29.3 Å². The van der Waals surface area contributed by atoms with Crippen molar-refractivity contribution in [1.29, 1.82) is 0 Å². The quantitative estimate of drug-likeness (QED) is 0.383. The second-order valence-electron chi connectivity index (χ2n) is 8.96. The SMILES string of the molecule is CCCNC(=O)C(Cc1ccccc1)N(Cc1ccc(Br)cc1)C(=O)CN1C(=O)c2ccccc2S1(=O)=O. The maximum absolute atomic E-state index is 13.8. The van der Waals surface area contributed by atoms with Gasteiger partial charge in [0.1, 0.15) is 17.5 Å². The van der Waals surface area contributed by atoms with Crippen LogP contribution in [0, 0.1) is 0 Å². The van der Waals surface area contributed by atoms with Gasteiger partial charge in [0, 0.05) is 24.0 Å². The van der Waals surface area contributed by atoms with Gasteiger partial charge < -0.3 is 10.2 Å². The molecular weight excluding hydrogens is 570 g/mol. The predicted octanol–water partition coefficient (Wildman–Crippen LogP) is 3.76. The van der Waals surface area contributed by atoms with E-state index in [1.165, 1.54) is 23.1 Å². The summed E-state index contributed by atoms with van der Waals surface area (Å²) in [4.78, 5) is 41.5. The monoisotopic (exact) mass is 597 g/mol. The zero-order valence-corrected chi connectivity index (χ0v) is 23.2. The third-order valence-corrected chi connectivity index (χ3v) is 8.59. The fraction of sp³-hybridized carbons (Fsp3) is 0.250. The van der Waals surface area contributed by atoms with Crippen LogP contribution in [0.4, 0.5) is 0 Å². The van der Waals surface area contributed by atoms with Gasteiger partial charge in [-0.2, -0.15) is 0 Å². The Morgan fingerprint density at radius 1 is 0.947 bits per heavy atom. The van der Waals surface area contributed by atoms with Gasteiger partial charge in [0.05, 0.1) is 5.56 Å². The van der Waals surface area contributed by atoms with Crippen molar-refractivity contribution in [3.8, 4) is 0 Å². The first-order valence-corrected chi connectivity index (χ1v) is 14.5. The van der Waals surface area contributed by atoms with Crippen LogP contribution in [-0.2, 0) is 32.6 Å². The van der Waals surface area contributed by atoms with Crippen LogP contribution in [0.25, 0.3) is 0 Å². The first-order chi connectivity index (χ1) is 18.2. The molecule has 0 aliphatic carbocycles. The summed E-state index contributed by atoms with van der Waals surface area (Å²) in [5.41, 5.74) is 1.62. The zero-order chi connectivity index (χ0) is 27.3. The second kappa shape index (κ2) is 11.9. The van der Waals surface area contributed by atoms with Gasteiger partial charge in [0.15, 0.2) is 0 Å². The molecule has 0 saturated carbocycles. The van der Waals surface area contributed by atoms with Crippen molar-refractivity contribution in [1.82, 2.24) is 14.5 Å². The van der Waals surface area contributed by atoms with Gasteiger partial charge in [-0.1, -0.05) is 77.5 Å². The molecule has 8 nitrogen and oxygen atoms in total. The van der Waals surface area contributed by atoms with Gasteiger partial charge in [0.2, 0.25) is 11.8 Å². The molecule has 0 aromatic heterocycles. The molecule has 1 heterocycles. The highest BCUT2D eigenvalue weighted by atomic mass is 79.9. The number of hydrogen-bond acceptors (Lipinski definition) is 5. The van der Waals surface area contributed by atoms with Gasteiger partial charge in [-0.05, 0) is 41.8 Å². The summed E-state index contributed by atoms with van der Waals surface area (Å²) in [6, 6.07) is 21.5. The molecule has 198 valence electrons. The normalized spacial score (nSPS) is 14.6. The molecule has 0 spiro atoms. The fourth-order valence-electron chi connectivity index (χ4n) is 4.31. The van der Waals surface area contributed by atoms with E-state index in [0.717, 1.165) is 15.6 Å². The topological polar surface area (TPSA) is 104 Å². The molecule has 1 atom stereocenters. The fourth-order valence-corrected chi connectivity index (χ4v) is 6.09. The standard InChI is InChI=1S/C28H28BrN3O5S/c1-2-16-30-27(34)24(17-20-8-4-3-5-9-20)31(18-21-12-14-22(29)15-13-21)26(33)19-32-28(35)23-10-6-7-11-25(23)38(32,36)37/h3-15,24H,2,16-19H2,1H3,(H,30,34). The molecule has 4 rings (SSSR count). The number of sulfonamides is 1. The highest BCUT2D eigenvalue weighted by Gasteiger charge is 2.43. The van der Waals surface area contributed by atoms with Crippen molar-refractivity contribution < 1.29 is 22.8 Å². The number of carbonyl (C=O) groups excluding carboxylic acids is 3. The Kier molecular flexibility index (Phi) is 8.63. The number of benzene rings is 3. The third-order valence-electron chi connectivity index (χ3n) is 6.28. The lowest BCUT2D eigenvalue weighted by Crippen LogP contribution is -2.53. The number of nitrogens with zero attached hydrogens (tertiary/aromatic N) is 2. The number of hydrogen-bond donors (Lipinski definition) is 1. The molecule has 0 saturated heterocycles. The summed E-state index contributed by atoms with van der Waals surface area (Å²) in [6.07, 6.45) is 0.933. The van der Waals surface area contributed by atoms with Crippen molar-refractivity contribution in [2.24, 2.45) is 0 Å². The van der Waals surface area contributed by atoms with E-state index >= 15 is 0 Å². The van der Waals surface area contributed by atoms with Crippen LogP contribution < -0.4 is 5.32 Å². The highest BCUT2D eigenvalue weighted by molar-refractivity contribution is 9.10. The lowest BCUT2D eigenvalue weighted by atomic mass is 10.0. The Labute approximate surface area is 230 Å². The maximum atomic E-state index is 13.8. The summed E-state index contributed by atoms with van der Waals surface area (Å²) in [7, 11) is -4.19. The first-order valence-electron chi connectivity index (χ1n) is 12.2. The van der Waals surface area contributed by atoms with Gasteiger partial charge >= 0.3 is 0 Å². The summed E-state index contributed by atoms with van der Waals surface area (Å²) in [5, 5.41) is 2.88. The van der Waals surface area contributed by atoms with E-state index in [0.29, 0.717) is 17.3 Å². The molecule has 0 radical (unpaired) electrons. The summed E-state index contributed by atoms with van der Waals surface area (Å²) >= 11 is 3.40. The molecule has 1 unspecified atom stereocenters. The molecule has 3 aromatic carbocycles. The molecule has 10 heteroatoms. The Morgan fingerprint density at radius 2 is 1.61 bits per heavy atom. The van der Waals surface area contributed by atoms with Crippen LogP contribution in [0.5, 0.6) is 0 Å². The Bertz CT molecular complexity index is 1430. The van der Waals surface area contributed by atoms with E-state index in [2.05, 4.69) is 21.2 Å². The zero-order valence-electron chi connectivity index (χ0n) is 20.8. The van der Waals surface area contributed by atoms with Crippen molar-refractivity contribution in [3.63, 3.8) is 0 Å². The minimum Gasteiger partial charge on any atom is -0.354 e. The number of fused-ring (bicyclic) bond motifs is 1. The van der Waals surface area contributed by atoms with E-state index in [1.807, 2.05) is 61.5 Å². The Balaban J connectivity index is 1.70. The first kappa shape index (κ1) is 27.5. The Hall–Kier alpha value is -3.50. The van der Waals surface area contributed by atoms with Crippen LogP contribution in [0.3, 0.4) is 0 Å². The van der Waals surface area contributed by atoms with Crippen molar-refractivity contribution in [2.75, 3.05) is 13.1 Å². The van der Waals surface area contributed by atoms with Crippen molar-refractivity contribution in [3.05, 3.63) is 100 Å². The molecule has 0 bridgehead atoms. The van der Waals surface area contributed by atoms with Gasteiger partial charge in [0.25, 0.3) is 15.9 Å². The number of rotatable bonds is 10. The number of halogens is 1. The van der Waals surface area contributed by atoms with Gasteiger partial charge in [-0.25, -0.2) is 12.7 Å². The van der Waals surface area contributed by atoms with Crippen LogP contribution in [0.2, 0.25) is 0 Å². The lowest BCUT2D eigenvalue weighted by Gasteiger charge is -2.32. The van der Waals surface area contributed by atoms with E-state index in [1.54, 1.807) is 6.07 Å². The average Bonchev–Trinajstić information content (AvgIpc) is 3.11. The maximum Gasteiger partial charge on any atom is 0.269 e. The smallest absolute Gasteiger partial charge is 0.269 e. The molecule has 1 aliphatic heterocycles. The van der Waals surface area contributed by atoms with E-state index < -0.39 is 34.4 Å². The molecule has 0 fully saturated rings.